The molecular weight excluding hydrogens is 490 g/mol. The van der Waals surface area contributed by atoms with E-state index >= 15 is 0 Å². The second-order valence-corrected chi connectivity index (χ2v) is 9.28. The van der Waals surface area contributed by atoms with Crippen molar-refractivity contribution in [3.63, 3.8) is 0 Å². The van der Waals surface area contributed by atoms with Gasteiger partial charge in [0.1, 0.15) is 6.10 Å². The van der Waals surface area contributed by atoms with Crippen molar-refractivity contribution in [3.05, 3.63) is 65.5 Å². The summed E-state index contributed by atoms with van der Waals surface area (Å²) in [5.41, 5.74) is -3.93. The van der Waals surface area contributed by atoms with Crippen LogP contribution in [0.5, 0.6) is 0 Å². The summed E-state index contributed by atoms with van der Waals surface area (Å²) in [7, 11) is 0. The normalized spacial score (nSPS) is 25.0. The lowest BCUT2D eigenvalue weighted by molar-refractivity contribution is -0.129. The number of cyclic esters (lactones) is 1. The molecule has 4 rings (SSSR count). The molecule has 11 heteroatoms. The molecule has 1 fully saturated rings. The molecule has 36 heavy (non-hydrogen) atoms. The Bertz CT molecular complexity index is 1260. The van der Waals surface area contributed by atoms with Crippen molar-refractivity contribution in [2.75, 3.05) is 0 Å². The van der Waals surface area contributed by atoms with Crippen molar-refractivity contribution in [2.45, 2.75) is 57.6 Å². The third kappa shape index (κ3) is 4.83. The van der Waals surface area contributed by atoms with Crippen LogP contribution in [0.1, 0.15) is 32.3 Å². The largest absolute Gasteiger partial charge is 0.443 e. The fourth-order valence-electron chi connectivity index (χ4n) is 4.95. The molecule has 0 radical (unpaired) electrons. The van der Waals surface area contributed by atoms with Crippen molar-refractivity contribution in [2.24, 2.45) is 5.41 Å². The number of aromatic nitrogens is 1. The van der Waals surface area contributed by atoms with Crippen LogP contribution in [0.4, 0.5) is 31.1 Å². The summed E-state index contributed by atoms with van der Waals surface area (Å²) < 4.78 is 85.9. The lowest BCUT2D eigenvalue weighted by Gasteiger charge is -2.38. The average molecular weight is 512 g/mol. The first-order valence-corrected chi connectivity index (χ1v) is 11.1. The van der Waals surface area contributed by atoms with Gasteiger partial charge < -0.3 is 4.74 Å². The number of amides is 2. The minimum Gasteiger partial charge on any atom is -0.443 e. The van der Waals surface area contributed by atoms with Gasteiger partial charge in [-0.15, -0.1) is 0 Å². The summed E-state index contributed by atoms with van der Waals surface area (Å²) in [4.78, 5) is 30.5. The third-order valence-electron chi connectivity index (χ3n) is 6.63. The molecule has 0 bridgehead atoms. The molecule has 3 atom stereocenters. The van der Waals surface area contributed by atoms with Crippen LogP contribution in [-0.2, 0) is 16.0 Å². The quantitative estimate of drug-likeness (QED) is 0.452. The van der Waals surface area contributed by atoms with Crippen molar-refractivity contribution in [3.8, 4) is 0 Å². The van der Waals surface area contributed by atoms with Crippen LogP contribution in [0.3, 0.4) is 0 Å². The predicted octanol–water partition coefficient (Wildman–Crippen LogP) is 6.29. The maximum absolute atomic E-state index is 13.4. The number of aryl methyl sites for hydroxylation is 1. The van der Waals surface area contributed by atoms with E-state index in [0.717, 1.165) is 21.2 Å². The molecule has 1 aromatic carbocycles. The molecule has 1 unspecified atom stereocenters. The first-order chi connectivity index (χ1) is 16.7. The third-order valence-corrected chi connectivity index (χ3v) is 6.63. The molecule has 0 spiro atoms. The number of rotatable bonds is 4. The van der Waals surface area contributed by atoms with Crippen LogP contribution < -0.4 is 0 Å². The van der Waals surface area contributed by atoms with Crippen molar-refractivity contribution >= 4 is 22.8 Å². The van der Waals surface area contributed by atoms with Gasteiger partial charge in [-0.25, -0.2) is 9.69 Å². The van der Waals surface area contributed by atoms with E-state index in [0.29, 0.717) is 6.08 Å². The van der Waals surface area contributed by atoms with E-state index in [1.54, 1.807) is 12.4 Å². The highest BCUT2D eigenvalue weighted by atomic mass is 19.4. The van der Waals surface area contributed by atoms with Gasteiger partial charge in [-0.05, 0) is 36.8 Å². The first-order valence-electron chi connectivity index (χ1n) is 11.1. The number of benzene rings is 1. The molecule has 2 amide bonds. The number of pyridine rings is 1. The van der Waals surface area contributed by atoms with Crippen LogP contribution in [0.15, 0.2) is 60.0 Å². The lowest BCUT2D eigenvalue weighted by atomic mass is 9.71. The highest BCUT2D eigenvalue weighted by molar-refractivity contribution is 5.94. The minimum absolute atomic E-state index is 0.0737. The number of ether oxygens (including phenoxy) is 1. The summed E-state index contributed by atoms with van der Waals surface area (Å²) in [6.45, 7) is 2.55. The number of hydrogen-bond acceptors (Lipinski definition) is 4. The Hall–Kier alpha value is -3.37. The van der Waals surface area contributed by atoms with Gasteiger partial charge in [0.15, 0.2) is 0 Å². The summed E-state index contributed by atoms with van der Waals surface area (Å²) in [5, 5.41) is 1.74. The van der Waals surface area contributed by atoms with E-state index in [9.17, 15) is 35.9 Å². The summed E-state index contributed by atoms with van der Waals surface area (Å²) in [5.74, 6) is -0.644. The fourth-order valence-corrected chi connectivity index (χ4v) is 4.95. The minimum atomic E-state index is -5.04. The number of carbonyl (C=O) groups excluding carboxylic acids is 2. The van der Waals surface area contributed by atoms with Gasteiger partial charge in [0.25, 0.3) is 0 Å². The second-order valence-electron chi connectivity index (χ2n) is 9.28. The Balaban J connectivity index is 1.56. The maximum atomic E-state index is 13.4. The van der Waals surface area contributed by atoms with Gasteiger partial charge in [0.05, 0.1) is 11.6 Å². The second kappa shape index (κ2) is 8.94. The van der Waals surface area contributed by atoms with Crippen molar-refractivity contribution < 1.29 is 40.7 Å². The number of halogens is 6. The van der Waals surface area contributed by atoms with Crippen LogP contribution in [0, 0.1) is 5.41 Å². The number of alkyl halides is 6. The van der Waals surface area contributed by atoms with E-state index in [1.165, 1.54) is 13.8 Å². The zero-order chi connectivity index (χ0) is 26.5. The molecule has 192 valence electrons. The van der Waals surface area contributed by atoms with Gasteiger partial charge in [0.2, 0.25) is 5.91 Å². The lowest BCUT2D eigenvalue weighted by Crippen LogP contribution is -2.45. The molecule has 2 heterocycles. The maximum Gasteiger partial charge on any atom is 0.417 e. The first kappa shape index (κ1) is 25.7. The van der Waals surface area contributed by atoms with Crippen LogP contribution in [-0.4, -0.2) is 46.4 Å². The molecule has 2 aromatic rings. The van der Waals surface area contributed by atoms with Gasteiger partial charge in [-0.1, -0.05) is 37.3 Å². The standard InChI is InChI=1S/C25H22F6N2O3/c1-14-21(23(2)10-17(24(26,27)28)9-18(11-23)25(29,30)31)36-22(35)33(14)20(34)8-7-16-13-32-12-15-5-3-4-6-19(15)16/h3-6,9-10,12-14,21H,7-8,11H2,1-2H3/t14-,21-,23?/m0/s1. The molecule has 1 aliphatic heterocycles. The number of carbonyl (C=O) groups is 2. The van der Waals surface area contributed by atoms with Gasteiger partial charge in [-0.3, -0.25) is 9.78 Å². The average Bonchev–Trinajstić information content (AvgIpc) is 3.10. The smallest absolute Gasteiger partial charge is 0.417 e. The Labute approximate surface area is 202 Å². The Morgan fingerprint density at radius 2 is 1.83 bits per heavy atom. The van der Waals surface area contributed by atoms with Gasteiger partial charge in [-0.2, -0.15) is 26.3 Å². The molecule has 1 saturated heterocycles. The van der Waals surface area contributed by atoms with Crippen LogP contribution in [0.2, 0.25) is 0 Å². The molecule has 0 N–H and O–H groups in total. The zero-order valence-electron chi connectivity index (χ0n) is 19.3. The number of fused-ring (bicyclic) bond motifs is 1. The molecule has 0 saturated carbocycles. The number of hydrogen-bond donors (Lipinski definition) is 0. The molecule has 5 nitrogen and oxygen atoms in total. The van der Waals surface area contributed by atoms with Gasteiger partial charge in [0, 0.05) is 35.2 Å². The van der Waals surface area contributed by atoms with E-state index < -0.39 is 59.5 Å². The molecule has 2 aliphatic rings. The SMILES string of the molecule is C[C@H]1[C@@H](C2(C)C=C(C(F)(F)F)C=C(C(F)(F)F)C2)OC(=O)N1C(=O)CCc1cncc2ccccc12. The van der Waals surface area contributed by atoms with Crippen LogP contribution >= 0.6 is 0 Å². The fraction of sp³-hybridized carbons (Fsp3) is 0.400. The Morgan fingerprint density at radius 1 is 1.14 bits per heavy atom. The summed E-state index contributed by atoms with van der Waals surface area (Å²) in [6, 6.07) is 6.30. The Kier molecular flexibility index (Phi) is 6.38. The zero-order valence-corrected chi connectivity index (χ0v) is 19.3. The van der Waals surface area contributed by atoms with Crippen molar-refractivity contribution in [1.82, 2.24) is 9.88 Å². The van der Waals surface area contributed by atoms with E-state index in [1.807, 2.05) is 24.3 Å². The van der Waals surface area contributed by atoms with Crippen LogP contribution in [0.25, 0.3) is 10.8 Å². The van der Waals surface area contributed by atoms with Gasteiger partial charge >= 0.3 is 18.4 Å². The number of nitrogens with zero attached hydrogens (tertiary/aromatic N) is 2. The van der Waals surface area contributed by atoms with E-state index in [2.05, 4.69) is 4.98 Å². The molecular formula is C25H22F6N2O3. The Morgan fingerprint density at radius 3 is 2.50 bits per heavy atom. The monoisotopic (exact) mass is 512 g/mol. The topological polar surface area (TPSA) is 59.5 Å². The predicted molar refractivity (Wildman–Crippen MR) is 118 cm³/mol. The van der Waals surface area contributed by atoms with E-state index in [-0.39, 0.29) is 18.9 Å². The number of allylic oxidation sites excluding steroid dienone is 3. The number of imide groups is 1. The van der Waals surface area contributed by atoms with Crippen molar-refractivity contribution in [1.29, 1.82) is 0 Å². The highest BCUT2D eigenvalue weighted by Gasteiger charge is 2.54. The van der Waals surface area contributed by atoms with E-state index in [4.69, 9.17) is 4.74 Å². The summed E-state index contributed by atoms with van der Waals surface area (Å²) in [6.07, 6.45) is -9.27. The highest BCUT2D eigenvalue weighted by Crippen LogP contribution is 2.49. The summed E-state index contributed by atoms with van der Waals surface area (Å²) >= 11 is 0. The molecule has 1 aliphatic carbocycles. The molecule has 1 aromatic heterocycles.